The van der Waals surface area contributed by atoms with E-state index in [1.54, 1.807) is 0 Å². The van der Waals surface area contributed by atoms with Gasteiger partial charge in [-0.25, -0.2) is 13.6 Å². The van der Waals surface area contributed by atoms with E-state index in [0.29, 0.717) is 26.6 Å². The summed E-state index contributed by atoms with van der Waals surface area (Å²) >= 11 is 17.7. The third-order valence-electron chi connectivity index (χ3n) is 2.74. The lowest BCUT2D eigenvalue weighted by molar-refractivity contribution is 0.217. The second-order valence-electron chi connectivity index (χ2n) is 4.41. The Bertz CT molecular complexity index is 794. The predicted molar refractivity (Wildman–Crippen MR) is 90.3 cm³/mol. The first-order chi connectivity index (χ1) is 10.8. The van der Waals surface area contributed by atoms with Crippen LogP contribution in [-0.2, 0) is 10.0 Å². The Morgan fingerprint density at radius 3 is 2.04 bits per heavy atom. The van der Waals surface area contributed by atoms with E-state index >= 15 is 0 Å². The molecule has 23 heavy (non-hydrogen) atoms. The van der Waals surface area contributed by atoms with Crippen LogP contribution in [0.4, 0.5) is 0 Å². The average Bonchev–Trinajstić information content (AvgIpc) is 2.48. The molecule has 0 atom stereocenters. The minimum absolute atomic E-state index is 0.0173. The smallest absolute Gasteiger partial charge is 0.238 e. The lowest BCUT2D eigenvalue weighted by Crippen LogP contribution is -2.12. The van der Waals surface area contributed by atoms with E-state index in [2.05, 4.69) is 0 Å². The van der Waals surface area contributed by atoms with Crippen molar-refractivity contribution in [3.8, 4) is 11.5 Å². The highest BCUT2D eigenvalue weighted by Gasteiger charge is 2.08. The molecule has 2 N–H and O–H groups in total. The predicted octanol–water partition coefficient (Wildman–Crippen LogP) is 3.75. The van der Waals surface area contributed by atoms with Gasteiger partial charge in [0.05, 0.1) is 20.0 Å². The Kier molecular flexibility index (Phi) is 6.00. The van der Waals surface area contributed by atoms with Crippen molar-refractivity contribution >= 4 is 44.8 Å². The summed E-state index contributed by atoms with van der Waals surface area (Å²) in [5.41, 5.74) is 0. The molecular weight excluding hydrogens is 385 g/mol. The molecular formula is C14H12Cl3NO4S. The minimum Gasteiger partial charge on any atom is -0.490 e. The fourth-order valence-electron chi connectivity index (χ4n) is 1.65. The van der Waals surface area contributed by atoms with Crippen molar-refractivity contribution in [1.82, 2.24) is 0 Å². The van der Waals surface area contributed by atoms with Gasteiger partial charge in [0.2, 0.25) is 10.0 Å². The standard InChI is InChI=1S/C14H12Cl3NO4S/c15-11-7-13(17)14(8-12(11)16)22-6-5-21-9-1-3-10(4-2-9)23(18,19)20/h1-4,7-8H,5-6H2,(H2,18,19,20). The summed E-state index contributed by atoms with van der Waals surface area (Å²) in [7, 11) is -3.71. The first-order valence-electron chi connectivity index (χ1n) is 6.30. The molecule has 0 saturated heterocycles. The topological polar surface area (TPSA) is 78.6 Å². The molecule has 0 amide bonds. The lowest BCUT2D eigenvalue weighted by atomic mass is 10.3. The van der Waals surface area contributed by atoms with E-state index in [4.69, 9.17) is 49.4 Å². The maximum atomic E-state index is 11.1. The van der Waals surface area contributed by atoms with Crippen molar-refractivity contribution < 1.29 is 17.9 Å². The van der Waals surface area contributed by atoms with E-state index in [1.807, 2.05) is 0 Å². The number of hydrogen-bond acceptors (Lipinski definition) is 4. The molecule has 9 heteroatoms. The Morgan fingerprint density at radius 2 is 1.43 bits per heavy atom. The van der Waals surface area contributed by atoms with Crippen LogP contribution in [-0.4, -0.2) is 21.6 Å². The maximum Gasteiger partial charge on any atom is 0.238 e. The number of benzene rings is 2. The molecule has 0 fully saturated rings. The second-order valence-corrected chi connectivity index (χ2v) is 7.19. The average molecular weight is 397 g/mol. The van der Waals surface area contributed by atoms with Gasteiger partial charge in [-0.05, 0) is 30.3 Å². The molecule has 0 radical (unpaired) electrons. The van der Waals surface area contributed by atoms with Crippen LogP contribution in [0.15, 0.2) is 41.3 Å². The summed E-state index contributed by atoms with van der Waals surface area (Å²) in [6.45, 7) is 0.444. The first-order valence-corrected chi connectivity index (χ1v) is 8.98. The molecule has 0 heterocycles. The number of nitrogens with two attached hydrogens (primary N) is 1. The normalized spacial score (nSPS) is 11.3. The van der Waals surface area contributed by atoms with Gasteiger partial charge in [0.25, 0.3) is 0 Å². The summed E-state index contributed by atoms with van der Waals surface area (Å²) < 4.78 is 33.1. The summed E-state index contributed by atoms with van der Waals surface area (Å²) in [5, 5.41) is 6.03. The zero-order chi connectivity index (χ0) is 17.0. The molecule has 5 nitrogen and oxygen atoms in total. The third kappa shape index (κ3) is 5.16. The molecule has 0 aliphatic rings. The van der Waals surface area contributed by atoms with Gasteiger partial charge in [0.15, 0.2) is 0 Å². The molecule has 0 saturated carbocycles. The van der Waals surface area contributed by atoms with Crippen LogP contribution in [0.1, 0.15) is 0 Å². The SMILES string of the molecule is NS(=O)(=O)c1ccc(OCCOc2cc(Cl)c(Cl)cc2Cl)cc1. The van der Waals surface area contributed by atoms with E-state index in [9.17, 15) is 8.42 Å². The minimum atomic E-state index is -3.71. The monoisotopic (exact) mass is 395 g/mol. The molecule has 2 aromatic carbocycles. The highest BCUT2D eigenvalue weighted by Crippen LogP contribution is 2.33. The molecule has 0 aromatic heterocycles. The van der Waals surface area contributed by atoms with Crippen LogP contribution < -0.4 is 14.6 Å². The van der Waals surface area contributed by atoms with Crippen LogP contribution in [0.3, 0.4) is 0 Å². The zero-order valence-electron chi connectivity index (χ0n) is 11.6. The number of hydrogen-bond donors (Lipinski definition) is 1. The fraction of sp³-hybridized carbons (Fsp3) is 0.143. The lowest BCUT2D eigenvalue weighted by Gasteiger charge is -2.10. The van der Waals surface area contributed by atoms with Crippen LogP contribution in [0.25, 0.3) is 0 Å². The third-order valence-corrected chi connectivity index (χ3v) is 4.68. The van der Waals surface area contributed by atoms with Gasteiger partial charge in [-0.1, -0.05) is 34.8 Å². The van der Waals surface area contributed by atoms with Gasteiger partial charge >= 0.3 is 0 Å². The Hall–Kier alpha value is -1.18. The molecule has 0 unspecified atom stereocenters. The van der Waals surface area contributed by atoms with Gasteiger partial charge in [-0.15, -0.1) is 0 Å². The number of sulfonamides is 1. The molecule has 0 aliphatic carbocycles. The Morgan fingerprint density at radius 1 is 0.870 bits per heavy atom. The number of ether oxygens (including phenoxy) is 2. The van der Waals surface area contributed by atoms with Crippen molar-refractivity contribution in [2.45, 2.75) is 4.90 Å². The van der Waals surface area contributed by atoms with Gasteiger partial charge in [0.1, 0.15) is 24.7 Å². The van der Waals surface area contributed by atoms with Crippen LogP contribution in [0, 0.1) is 0 Å². The zero-order valence-corrected chi connectivity index (χ0v) is 14.7. The molecule has 2 aromatic rings. The number of halogens is 3. The van der Waals surface area contributed by atoms with Crippen molar-refractivity contribution in [2.24, 2.45) is 5.14 Å². The Labute approximate surface area is 148 Å². The highest BCUT2D eigenvalue weighted by atomic mass is 35.5. The number of primary sulfonamides is 1. The summed E-state index contributed by atoms with van der Waals surface area (Å²) in [6.07, 6.45) is 0. The maximum absolute atomic E-state index is 11.1. The van der Waals surface area contributed by atoms with Gasteiger partial charge in [-0.2, -0.15) is 0 Å². The van der Waals surface area contributed by atoms with Crippen LogP contribution in [0.2, 0.25) is 15.1 Å². The summed E-state index contributed by atoms with van der Waals surface area (Å²) in [6, 6.07) is 8.75. The van der Waals surface area contributed by atoms with Crippen molar-refractivity contribution in [2.75, 3.05) is 13.2 Å². The summed E-state index contributed by atoms with van der Waals surface area (Å²) in [5.74, 6) is 0.885. The fourth-order valence-corrected chi connectivity index (χ4v) is 2.76. The second kappa shape index (κ2) is 7.59. The molecule has 124 valence electrons. The quantitative estimate of drug-likeness (QED) is 0.596. The molecule has 0 aliphatic heterocycles. The van der Waals surface area contributed by atoms with E-state index < -0.39 is 10.0 Å². The van der Waals surface area contributed by atoms with E-state index in [-0.39, 0.29) is 18.1 Å². The van der Waals surface area contributed by atoms with Crippen LogP contribution >= 0.6 is 34.8 Å². The first kappa shape index (κ1) is 18.2. The molecule has 0 spiro atoms. The van der Waals surface area contributed by atoms with E-state index in [1.165, 1.54) is 36.4 Å². The van der Waals surface area contributed by atoms with Crippen molar-refractivity contribution in [1.29, 1.82) is 0 Å². The van der Waals surface area contributed by atoms with Crippen molar-refractivity contribution in [3.05, 3.63) is 51.5 Å². The highest BCUT2D eigenvalue weighted by molar-refractivity contribution is 7.89. The number of rotatable bonds is 6. The van der Waals surface area contributed by atoms with Gasteiger partial charge < -0.3 is 9.47 Å². The van der Waals surface area contributed by atoms with Crippen LogP contribution in [0.5, 0.6) is 11.5 Å². The summed E-state index contributed by atoms with van der Waals surface area (Å²) in [4.78, 5) is 0.0173. The Balaban J connectivity index is 1.87. The van der Waals surface area contributed by atoms with Gasteiger partial charge in [0, 0.05) is 6.07 Å². The van der Waals surface area contributed by atoms with E-state index in [0.717, 1.165) is 0 Å². The molecule has 2 rings (SSSR count). The van der Waals surface area contributed by atoms with Gasteiger partial charge in [-0.3, -0.25) is 0 Å². The van der Waals surface area contributed by atoms with Crippen molar-refractivity contribution in [3.63, 3.8) is 0 Å². The largest absolute Gasteiger partial charge is 0.490 e. The molecule has 0 bridgehead atoms.